The van der Waals surface area contributed by atoms with E-state index in [4.69, 9.17) is 0 Å². The summed E-state index contributed by atoms with van der Waals surface area (Å²) >= 11 is 0. The summed E-state index contributed by atoms with van der Waals surface area (Å²) in [6.07, 6.45) is 3.82. The van der Waals surface area contributed by atoms with Crippen molar-refractivity contribution < 1.29 is 4.39 Å². The maximum Gasteiger partial charge on any atom is 0.191 e. The summed E-state index contributed by atoms with van der Waals surface area (Å²) in [6, 6.07) is 6.69. The topological polar surface area (TPSA) is 54.2 Å². The van der Waals surface area contributed by atoms with Gasteiger partial charge in [0, 0.05) is 24.8 Å². The first-order valence-corrected chi connectivity index (χ1v) is 7.43. The molecule has 0 radical (unpaired) electrons. The molecule has 5 nitrogen and oxygen atoms in total. The van der Waals surface area contributed by atoms with Gasteiger partial charge < -0.3 is 10.6 Å². The number of aromatic nitrogens is 2. The van der Waals surface area contributed by atoms with Gasteiger partial charge in [0.15, 0.2) is 5.96 Å². The maximum absolute atomic E-state index is 13.6. The quantitative estimate of drug-likeness (QED) is 0.634. The minimum Gasteiger partial charge on any atom is -0.357 e. The van der Waals surface area contributed by atoms with Crippen molar-refractivity contribution >= 4 is 5.96 Å². The number of hydrogen-bond donors (Lipinski definition) is 2. The lowest BCUT2D eigenvalue weighted by Gasteiger charge is -2.11. The summed E-state index contributed by atoms with van der Waals surface area (Å²) in [5.74, 6) is 0.448. The lowest BCUT2D eigenvalue weighted by Crippen LogP contribution is -2.38. The average Bonchev–Trinajstić information content (AvgIpc) is 2.92. The molecule has 0 bridgehead atoms. The number of benzene rings is 1. The highest BCUT2D eigenvalue weighted by Crippen LogP contribution is 2.07. The Balaban J connectivity index is 1.88. The van der Waals surface area contributed by atoms with E-state index < -0.39 is 0 Å². The smallest absolute Gasteiger partial charge is 0.191 e. The van der Waals surface area contributed by atoms with Crippen LogP contribution in [-0.2, 0) is 13.1 Å². The molecule has 2 aromatic rings. The third kappa shape index (κ3) is 4.87. The zero-order valence-corrected chi connectivity index (χ0v) is 13.0. The van der Waals surface area contributed by atoms with Crippen LogP contribution in [0.5, 0.6) is 0 Å². The van der Waals surface area contributed by atoms with Gasteiger partial charge in [-0.3, -0.25) is 4.68 Å². The highest BCUT2D eigenvalue weighted by molar-refractivity contribution is 5.79. The van der Waals surface area contributed by atoms with Gasteiger partial charge >= 0.3 is 0 Å². The average molecular weight is 303 g/mol. The Bertz CT molecular complexity index is 621. The molecule has 2 rings (SSSR count). The van der Waals surface area contributed by atoms with E-state index in [1.807, 2.05) is 37.0 Å². The van der Waals surface area contributed by atoms with E-state index in [1.165, 1.54) is 6.07 Å². The molecule has 0 aliphatic rings. The van der Waals surface area contributed by atoms with Crippen LogP contribution in [0.3, 0.4) is 0 Å². The predicted octanol–water partition coefficient (Wildman–Crippen LogP) is 2.09. The van der Waals surface area contributed by atoms with Crippen molar-refractivity contribution in [3.05, 3.63) is 53.6 Å². The van der Waals surface area contributed by atoms with Gasteiger partial charge in [0.1, 0.15) is 5.82 Å². The van der Waals surface area contributed by atoms with Crippen molar-refractivity contribution in [3.8, 4) is 0 Å². The first kappa shape index (κ1) is 16.0. The SMILES string of the molecule is CCNC(=NCc1ccccc1F)NCCn1cc(C)cn1. The van der Waals surface area contributed by atoms with Gasteiger partial charge in [0.25, 0.3) is 0 Å². The van der Waals surface area contributed by atoms with Crippen LogP contribution < -0.4 is 10.6 Å². The van der Waals surface area contributed by atoms with Crippen LogP contribution in [0.1, 0.15) is 18.1 Å². The molecule has 0 spiro atoms. The van der Waals surface area contributed by atoms with Crippen LogP contribution in [-0.4, -0.2) is 28.8 Å². The number of nitrogens with one attached hydrogen (secondary N) is 2. The Labute approximate surface area is 130 Å². The molecule has 1 aromatic heterocycles. The highest BCUT2D eigenvalue weighted by atomic mass is 19.1. The Morgan fingerprint density at radius 2 is 2.14 bits per heavy atom. The van der Waals surface area contributed by atoms with E-state index in [-0.39, 0.29) is 5.82 Å². The molecule has 2 N–H and O–H groups in total. The zero-order valence-electron chi connectivity index (χ0n) is 13.0. The number of rotatable bonds is 6. The molecule has 1 aromatic carbocycles. The zero-order chi connectivity index (χ0) is 15.8. The highest BCUT2D eigenvalue weighted by Gasteiger charge is 2.01. The first-order chi connectivity index (χ1) is 10.7. The number of nitrogens with zero attached hydrogens (tertiary/aromatic N) is 3. The molecule has 1 heterocycles. The lowest BCUT2D eigenvalue weighted by molar-refractivity contribution is 0.596. The second-order valence-corrected chi connectivity index (χ2v) is 4.99. The molecule has 0 amide bonds. The van der Waals surface area contributed by atoms with E-state index in [2.05, 4.69) is 20.7 Å². The Morgan fingerprint density at radius 3 is 2.82 bits per heavy atom. The summed E-state index contributed by atoms with van der Waals surface area (Å²) in [5.41, 5.74) is 1.72. The fourth-order valence-corrected chi connectivity index (χ4v) is 2.01. The number of guanidine groups is 1. The summed E-state index contributed by atoms with van der Waals surface area (Å²) in [4.78, 5) is 4.41. The summed E-state index contributed by atoms with van der Waals surface area (Å²) < 4.78 is 15.5. The molecular weight excluding hydrogens is 281 g/mol. The van der Waals surface area contributed by atoms with Gasteiger partial charge in [0.2, 0.25) is 0 Å². The molecule has 0 saturated heterocycles. The normalized spacial score (nSPS) is 11.5. The maximum atomic E-state index is 13.6. The molecule has 0 atom stereocenters. The van der Waals surface area contributed by atoms with Gasteiger partial charge in [-0.2, -0.15) is 5.10 Å². The summed E-state index contributed by atoms with van der Waals surface area (Å²) in [5, 5.41) is 10.6. The van der Waals surface area contributed by atoms with Gasteiger partial charge in [-0.25, -0.2) is 9.38 Å². The third-order valence-electron chi connectivity index (χ3n) is 3.11. The molecular formula is C16H22FN5. The van der Waals surface area contributed by atoms with E-state index in [0.29, 0.717) is 24.6 Å². The van der Waals surface area contributed by atoms with Crippen molar-refractivity contribution in [2.45, 2.75) is 26.9 Å². The fourth-order valence-electron chi connectivity index (χ4n) is 2.01. The Hall–Kier alpha value is -2.37. The van der Waals surface area contributed by atoms with Crippen LogP contribution in [0.2, 0.25) is 0 Å². The number of aliphatic imine (C=N–C) groups is 1. The van der Waals surface area contributed by atoms with Gasteiger partial charge in [-0.05, 0) is 25.5 Å². The van der Waals surface area contributed by atoms with E-state index >= 15 is 0 Å². The van der Waals surface area contributed by atoms with Crippen molar-refractivity contribution in [1.29, 1.82) is 0 Å². The first-order valence-electron chi connectivity index (χ1n) is 7.43. The van der Waals surface area contributed by atoms with Crippen molar-refractivity contribution in [2.75, 3.05) is 13.1 Å². The van der Waals surface area contributed by atoms with E-state index in [9.17, 15) is 4.39 Å². The monoisotopic (exact) mass is 303 g/mol. The molecule has 118 valence electrons. The van der Waals surface area contributed by atoms with Crippen molar-refractivity contribution in [3.63, 3.8) is 0 Å². The van der Waals surface area contributed by atoms with Gasteiger partial charge in [0.05, 0.1) is 19.3 Å². The number of aryl methyl sites for hydroxylation is 1. The minimum atomic E-state index is -0.228. The minimum absolute atomic E-state index is 0.228. The van der Waals surface area contributed by atoms with Crippen LogP contribution in [0, 0.1) is 12.7 Å². The van der Waals surface area contributed by atoms with Gasteiger partial charge in [-0.15, -0.1) is 0 Å². The Morgan fingerprint density at radius 1 is 1.32 bits per heavy atom. The molecule has 0 fully saturated rings. The molecule has 0 unspecified atom stereocenters. The lowest BCUT2D eigenvalue weighted by atomic mass is 10.2. The van der Waals surface area contributed by atoms with Crippen LogP contribution in [0.4, 0.5) is 4.39 Å². The largest absolute Gasteiger partial charge is 0.357 e. The summed E-state index contributed by atoms with van der Waals surface area (Å²) in [6.45, 7) is 6.52. The van der Waals surface area contributed by atoms with Crippen molar-refractivity contribution in [2.24, 2.45) is 4.99 Å². The molecule has 0 aliphatic carbocycles. The molecule has 0 aliphatic heterocycles. The van der Waals surface area contributed by atoms with E-state index in [0.717, 1.165) is 18.7 Å². The Kier molecular flexibility index (Phi) is 5.94. The van der Waals surface area contributed by atoms with E-state index in [1.54, 1.807) is 12.1 Å². The standard InChI is InChI=1S/C16H22FN5/c1-3-18-16(19-8-9-22-12-13(2)10-21-22)20-11-14-6-4-5-7-15(14)17/h4-7,10,12H,3,8-9,11H2,1-2H3,(H2,18,19,20). The third-order valence-corrected chi connectivity index (χ3v) is 3.11. The number of hydrogen-bond acceptors (Lipinski definition) is 2. The summed E-state index contributed by atoms with van der Waals surface area (Å²) in [7, 11) is 0. The second-order valence-electron chi connectivity index (χ2n) is 4.99. The molecule has 22 heavy (non-hydrogen) atoms. The fraction of sp³-hybridized carbons (Fsp3) is 0.375. The van der Waals surface area contributed by atoms with Crippen molar-refractivity contribution in [1.82, 2.24) is 20.4 Å². The number of halogens is 1. The molecule has 6 heteroatoms. The van der Waals surface area contributed by atoms with Gasteiger partial charge in [-0.1, -0.05) is 18.2 Å². The van der Waals surface area contributed by atoms with Crippen LogP contribution >= 0.6 is 0 Å². The van der Waals surface area contributed by atoms with Crippen LogP contribution in [0.25, 0.3) is 0 Å². The predicted molar refractivity (Wildman–Crippen MR) is 86.2 cm³/mol. The van der Waals surface area contributed by atoms with Crippen LogP contribution in [0.15, 0.2) is 41.7 Å². The molecule has 0 saturated carbocycles. The second kappa shape index (κ2) is 8.17.